The van der Waals surface area contributed by atoms with Crippen LogP contribution in [-0.2, 0) is 17.6 Å². The lowest BCUT2D eigenvalue weighted by Crippen LogP contribution is -2.31. The second kappa shape index (κ2) is 23.4. The molecule has 0 spiro atoms. The predicted molar refractivity (Wildman–Crippen MR) is 265 cm³/mol. The van der Waals surface area contributed by atoms with E-state index in [1.165, 1.54) is 21.7 Å². The SMILES string of the molecule is CCO.COc1cc(Br)c(Br)n1C(=O)OC(C)(C)C.NCCc1cnc(N)[nH]1.Nc1nc2c(-c3cc(Br)c(Br)[nH]3)nccc2[nH]1.Nc1nc2c([nH]1)CCNC2C1=CC(Br)=C(Br)C1. The van der Waals surface area contributed by atoms with Gasteiger partial charge in [0.15, 0.2) is 17.8 Å². The number of aliphatic hydroxyl groups is 1. The molecule has 0 radical (unpaired) electrons. The largest absolute Gasteiger partial charge is 0.482 e. The summed E-state index contributed by atoms with van der Waals surface area (Å²) in [6.45, 7) is 8.94. The Morgan fingerprint density at radius 3 is 2.23 bits per heavy atom. The van der Waals surface area contributed by atoms with Gasteiger partial charge >= 0.3 is 6.09 Å². The summed E-state index contributed by atoms with van der Waals surface area (Å²) in [6.07, 6.45) is 7.78. The van der Waals surface area contributed by atoms with Gasteiger partial charge in [-0.05, 0) is 138 Å². The van der Waals surface area contributed by atoms with Crippen molar-refractivity contribution in [3.05, 3.63) is 86.4 Å². The number of allylic oxidation sites excluding steroid dienone is 3. The number of rotatable bonds is 5. The number of pyridine rings is 1. The van der Waals surface area contributed by atoms with Crippen molar-refractivity contribution in [1.29, 1.82) is 0 Å². The number of hydrogen-bond donors (Lipinski definition) is 10. The third kappa shape index (κ3) is 14.0. The summed E-state index contributed by atoms with van der Waals surface area (Å²) in [5.41, 5.74) is 29.2. The summed E-state index contributed by atoms with van der Waals surface area (Å²) in [5.74, 6) is 1.76. The van der Waals surface area contributed by atoms with Gasteiger partial charge < -0.3 is 62.8 Å². The van der Waals surface area contributed by atoms with Crippen LogP contribution in [0.2, 0.25) is 0 Å². The molecule has 18 nitrogen and oxygen atoms in total. The van der Waals surface area contributed by atoms with Crippen molar-refractivity contribution in [3.63, 3.8) is 0 Å². The summed E-state index contributed by atoms with van der Waals surface area (Å²) < 4.78 is 17.1. The number of ether oxygens (including phenoxy) is 2. The minimum absolute atomic E-state index is 0.176. The number of carbonyl (C=O) groups is 1. The maximum Gasteiger partial charge on any atom is 0.422 e. The highest BCUT2D eigenvalue weighted by Crippen LogP contribution is 2.40. The number of aromatic nitrogens is 9. The number of nitrogens with zero attached hydrogens (tertiary/aromatic N) is 5. The zero-order chi connectivity index (χ0) is 45.9. The number of anilines is 3. The quantitative estimate of drug-likeness (QED) is 0.0773. The monoisotopic (exact) mass is 1240 g/mol. The third-order valence-electron chi connectivity index (χ3n) is 8.24. The Kier molecular flexibility index (Phi) is 19.3. The first-order valence-corrected chi connectivity index (χ1v) is 23.5. The van der Waals surface area contributed by atoms with Crippen LogP contribution >= 0.6 is 95.6 Å². The molecule has 0 bridgehead atoms. The molecule has 14 N–H and O–H groups in total. The number of nitrogen functional groups attached to an aromatic ring is 3. The van der Waals surface area contributed by atoms with E-state index in [0.29, 0.717) is 34.9 Å². The summed E-state index contributed by atoms with van der Waals surface area (Å²) in [4.78, 5) is 40.8. The summed E-state index contributed by atoms with van der Waals surface area (Å²) >= 11 is 20.5. The van der Waals surface area contributed by atoms with Crippen molar-refractivity contribution in [1.82, 2.24) is 49.8 Å². The average molecular weight is 1240 g/mol. The molecule has 8 rings (SSSR count). The number of fused-ring (bicyclic) bond motifs is 2. The lowest BCUT2D eigenvalue weighted by molar-refractivity contribution is 0.0521. The van der Waals surface area contributed by atoms with Crippen LogP contribution in [0.5, 0.6) is 5.88 Å². The number of nitrogens with one attached hydrogen (secondary N) is 5. The first-order chi connectivity index (χ1) is 29.3. The maximum atomic E-state index is 11.9. The molecule has 0 saturated carbocycles. The zero-order valence-electron chi connectivity index (χ0n) is 34.3. The fourth-order valence-corrected chi connectivity index (χ4v) is 8.10. The van der Waals surface area contributed by atoms with Crippen LogP contribution in [0.4, 0.5) is 22.6 Å². The Hall–Kier alpha value is -3.49. The lowest BCUT2D eigenvalue weighted by atomic mass is 9.97. The predicted octanol–water partition coefficient (Wildman–Crippen LogP) is 8.87. The third-order valence-corrected chi connectivity index (χ3v) is 13.9. The Morgan fingerprint density at radius 2 is 1.66 bits per heavy atom. The van der Waals surface area contributed by atoms with Crippen LogP contribution in [0.25, 0.3) is 22.4 Å². The molecule has 1 unspecified atom stereocenters. The number of aromatic amines is 4. The Balaban J connectivity index is 0.000000181. The molecular weight excluding hydrogens is 1200 g/mol. The van der Waals surface area contributed by atoms with E-state index in [0.717, 1.165) is 83.3 Å². The number of nitrogens with two attached hydrogens (primary N) is 4. The van der Waals surface area contributed by atoms with E-state index in [4.69, 9.17) is 37.5 Å². The Labute approximate surface area is 408 Å². The second-order valence-electron chi connectivity index (χ2n) is 14.1. The van der Waals surface area contributed by atoms with Crippen molar-refractivity contribution >= 4 is 131 Å². The highest BCUT2D eigenvalue weighted by Gasteiger charge is 2.29. The van der Waals surface area contributed by atoms with Gasteiger partial charge in [0.1, 0.15) is 21.4 Å². The van der Waals surface area contributed by atoms with Crippen LogP contribution in [0.1, 0.15) is 57.2 Å². The van der Waals surface area contributed by atoms with Crippen LogP contribution in [0.15, 0.2) is 69.4 Å². The first kappa shape index (κ1) is 51.1. The fraction of sp³-hybridized carbons (Fsp3) is 0.342. The van der Waals surface area contributed by atoms with E-state index in [1.54, 1.807) is 25.4 Å². The van der Waals surface area contributed by atoms with E-state index in [1.807, 2.05) is 32.9 Å². The Bertz CT molecular complexity index is 2480. The van der Waals surface area contributed by atoms with Gasteiger partial charge in [-0.25, -0.2) is 24.3 Å². The smallest absolute Gasteiger partial charge is 0.422 e. The molecule has 0 aromatic carbocycles. The van der Waals surface area contributed by atoms with Gasteiger partial charge in [0.25, 0.3) is 0 Å². The van der Waals surface area contributed by atoms with Crippen molar-refractivity contribution < 1.29 is 19.4 Å². The molecule has 7 heterocycles. The minimum Gasteiger partial charge on any atom is -0.482 e. The van der Waals surface area contributed by atoms with E-state index >= 15 is 0 Å². The topological polar surface area (TPSA) is 292 Å². The number of halogens is 6. The zero-order valence-corrected chi connectivity index (χ0v) is 43.8. The number of hydrogen-bond acceptors (Lipinski definition) is 13. The van der Waals surface area contributed by atoms with Gasteiger partial charge in [0.2, 0.25) is 5.88 Å². The number of methoxy groups -OCH3 is 1. The summed E-state index contributed by atoms with van der Waals surface area (Å²) in [5, 5.41) is 11.1. The van der Waals surface area contributed by atoms with Crippen molar-refractivity contribution in [2.45, 2.75) is 58.6 Å². The van der Waals surface area contributed by atoms with E-state index < -0.39 is 11.7 Å². The number of imidazole rings is 3. The van der Waals surface area contributed by atoms with Gasteiger partial charge in [-0.1, -0.05) is 15.9 Å². The summed E-state index contributed by atoms with van der Waals surface area (Å²) in [7, 11) is 1.50. The lowest BCUT2D eigenvalue weighted by Gasteiger charge is -2.24. The number of aliphatic hydroxyl groups excluding tert-OH is 1. The Morgan fingerprint density at radius 1 is 0.968 bits per heavy atom. The standard InChI is InChI=1S/C11H12Br2N4.C10H7Br2N5.C10H13Br2NO3.C5H10N4.C2H6O/c12-6-3-5(4-7(6)13)9-10-8(1-2-15-9)16-11(14)17-10;11-4-3-6(15-9(4)12)7-8-5(1-2-14-7)16-10(13)17-8;1-10(2,3)16-9(14)13-7(15-4)5-6(11)8(13)12;6-2-1-4-3-8-5(7)9-4;1-2-3/h3,9,15H,1-2,4H2,(H3,14,16,17);1-3,15H,(H3,13,16,17);5H,1-4H3;3H,1-2,6H2,(H3,7,8,9);3H,2H2,1H3. The molecule has 1 aliphatic heterocycles. The van der Waals surface area contributed by atoms with Gasteiger partial charge in [-0.15, -0.1) is 0 Å². The highest BCUT2D eigenvalue weighted by atomic mass is 79.9. The van der Waals surface area contributed by atoms with Crippen LogP contribution in [0, 0.1) is 0 Å². The molecule has 0 amide bonds. The average Bonchev–Trinajstić information content (AvgIpc) is 4.06. The fourth-order valence-electron chi connectivity index (χ4n) is 5.77. The molecule has 6 aromatic heterocycles. The first-order valence-electron chi connectivity index (χ1n) is 18.7. The van der Waals surface area contributed by atoms with Gasteiger partial charge in [-0.3, -0.25) is 4.98 Å². The van der Waals surface area contributed by atoms with Crippen LogP contribution in [0.3, 0.4) is 0 Å². The van der Waals surface area contributed by atoms with Crippen molar-refractivity contribution in [3.8, 4) is 17.3 Å². The van der Waals surface area contributed by atoms with Crippen molar-refractivity contribution in [2.75, 3.05) is 44.0 Å². The second-order valence-corrected chi connectivity index (χ2v) is 19.1. The highest BCUT2D eigenvalue weighted by molar-refractivity contribution is 9.14. The molecule has 1 atom stereocenters. The molecule has 0 saturated heterocycles. The molecule has 0 fully saturated rings. The minimum atomic E-state index is -0.543. The van der Waals surface area contributed by atoms with E-state index in [2.05, 4.69) is 147 Å². The molecule has 62 heavy (non-hydrogen) atoms. The van der Waals surface area contributed by atoms with Crippen molar-refractivity contribution in [2.24, 2.45) is 5.73 Å². The molecule has 6 aromatic rings. The maximum absolute atomic E-state index is 11.9. The molecular formula is C38H48Br6N14O4. The van der Waals surface area contributed by atoms with Crippen LogP contribution in [-0.4, -0.2) is 88.0 Å². The van der Waals surface area contributed by atoms with Gasteiger partial charge in [0.05, 0.1) is 49.8 Å². The number of carbonyl (C=O) groups excluding carboxylic acids is 1. The van der Waals surface area contributed by atoms with Gasteiger partial charge in [-0.2, -0.15) is 0 Å². The van der Waals surface area contributed by atoms with Crippen LogP contribution < -0.4 is 33.0 Å². The molecule has 1 aliphatic carbocycles. The van der Waals surface area contributed by atoms with E-state index in [-0.39, 0.29) is 12.6 Å². The molecule has 336 valence electrons. The molecule has 24 heteroatoms. The van der Waals surface area contributed by atoms with E-state index in [9.17, 15) is 4.79 Å². The number of H-pyrrole nitrogens is 4. The molecule has 2 aliphatic rings. The normalized spacial score (nSPS) is 14.3. The van der Waals surface area contributed by atoms with Gasteiger partial charge in [0, 0.05) is 65.0 Å². The summed E-state index contributed by atoms with van der Waals surface area (Å²) in [6, 6.07) is 5.65.